The van der Waals surface area contributed by atoms with Gasteiger partial charge in [-0.1, -0.05) is 51.9 Å². The fraction of sp³-hybridized carbons (Fsp3) is 0.870. The van der Waals surface area contributed by atoms with E-state index in [-0.39, 0.29) is 24.5 Å². The number of ketones is 1. The predicted molar refractivity (Wildman–Crippen MR) is 118 cm³/mol. The minimum absolute atomic E-state index is 0.00743. The van der Waals surface area contributed by atoms with E-state index >= 15 is 0 Å². The van der Waals surface area contributed by atoms with Gasteiger partial charge in [0.15, 0.2) is 0 Å². The van der Waals surface area contributed by atoms with Gasteiger partial charge in [0.05, 0.1) is 13.2 Å². The predicted octanol–water partition coefficient (Wildman–Crippen LogP) is 4.27. The molecule has 0 unspecified atom stereocenters. The molecule has 0 radical (unpaired) electrons. The smallest absolute Gasteiger partial charge is 0.326 e. The Morgan fingerprint density at radius 2 is 1.40 bits per heavy atom. The number of unbranched alkanes of at least 4 members (excludes halogenated alkanes) is 7. The first-order chi connectivity index (χ1) is 14.5. The number of carboxylic acids is 1. The van der Waals surface area contributed by atoms with E-state index < -0.39 is 12.0 Å². The van der Waals surface area contributed by atoms with Crippen molar-refractivity contribution in [1.29, 1.82) is 0 Å². The number of ether oxygens (including phenoxy) is 2. The molecule has 0 aromatic carbocycles. The van der Waals surface area contributed by atoms with Gasteiger partial charge in [0.1, 0.15) is 11.8 Å². The molecule has 176 valence electrons. The van der Waals surface area contributed by atoms with Crippen molar-refractivity contribution in [2.45, 2.75) is 103 Å². The molecular formula is C23H43NO6. The molecule has 0 aromatic heterocycles. The van der Waals surface area contributed by atoms with Crippen LogP contribution in [0.15, 0.2) is 0 Å². The molecule has 0 saturated heterocycles. The molecule has 0 aliphatic heterocycles. The van der Waals surface area contributed by atoms with Crippen LogP contribution in [0.25, 0.3) is 0 Å². The summed E-state index contributed by atoms with van der Waals surface area (Å²) in [5, 5.41) is 11.9. The molecule has 0 aromatic rings. The summed E-state index contributed by atoms with van der Waals surface area (Å²) in [7, 11) is 0. The molecule has 0 aliphatic carbocycles. The number of carboxylic acid groups (broad SMARTS) is 1. The highest BCUT2D eigenvalue weighted by Crippen LogP contribution is 2.10. The van der Waals surface area contributed by atoms with Crippen molar-refractivity contribution in [3.8, 4) is 0 Å². The Bertz CT molecular complexity index is 455. The third kappa shape index (κ3) is 18.6. The highest BCUT2D eigenvalue weighted by atomic mass is 16.5. The van der Waals surface area contributed by atoms with Crippen LogP contribution in [0, 0.1) is 0 Å². The van der Waals surface area contributed by atoms with Crippen molar-refractivity contribution in [1.82, 2.24) is 5.32 Å². The molecule has 0 spiro atoms. The van der Waals surface area contributed by atoms with Crippen LogP contribution >= 0.6 is 0 Å². The van der Waals surface area contributed by atoms with Gasteiger partial charge in [-0.05, 0) is 26.2 Å². The molecule has 7 heteroatoms. The standard InChI is InChI=1S/C23H43NO6/c1-3-5-6-7-8-9-10-11-14-22(26)24-21(23(27)28)16-15-20(25)13-12-17-30-19-18-29-4-2/h21H,3-19H2,1-2H3,(H,24,26)(H,27,28)/t21-/m0/s1. The van der Waals surface area contributed by atoms with Crippen molar-refractivity contribution in [3.05, 3.63) is 0 Å². The van der Waals surface area contributed by atoms with Gasteiger partial charge in [-0.2, -0.15) is 0 Å². The Labute approximate surface area is 182 Å². The maximum absolute atomic E-state index is 12.0. The number of carbonyl (C=O) groups is 3. The van der Waals surface area contributed by atoms with Crippen LogP contribution in [0.1, 0.15) is 97.3 Å². The summed E-state index contributed by atoms with van der Waals surface area (Å²) in [5.74, 6) is -1.35. The van der Waals surface area contributed by atoms with Crippen LogP contribution in [0.5, 0.6) is 0 Å². The second-order valence-electron chi connectivity index (χ2n) is 7.67. The van der Waals surface area contributed by atoms with Crippen LogP contribution in [0.3, 0.4) is 0 Å². The Morgan fingerprint density at radius 3 is 2.03 bits per heavy atom. The van der Waals surface area contributed by atoms with E-state index in [1.807, 2.05) is 6.92 Å². The Hall–Kier alpha value is -1.47. The van der Waals surface area contributed by atoms with Crippen LogP contribution in [0.2, 0.25) is 0 Å². The van der Waals surface area contributed by atoms with Gasteiger partial charge < -0.3 is 19.9 Å². The highest BCUT2D eigenvalue weighted by Gasteiger charge is 2.20. The van der Waals surface area contributed by atoms with Crippen LogP contribution < -0.4 is 5.32 Å². The quantitative estimate of drug-likeness (QED) is 0.249. The van der Waals surface area contributed by atoms with E-state index in [0.717, 1.165) is 19.3 Å². The number of rotatable bonds is 22. The van der Waals surface area contributed by atoms with Crippen molar-refractivity contribution < 1.29 is 29.0 Å². The van der Waals surface area contributed by atoms with Gasteiger partial charge in [-0.15, -0.1) is 0 Å². The summed E-state index contributed by atoms with van der Waals surface area (Å²) in [4.78, 5) is 35.3. The molecule has 1 atom stereocenters. The zero-order valence-electron chi connectivity index (χ0n) is 19.1. The first kappa shape index (κ1) is 28.5. The second-order valence-corrected chi connectivity index (χ2v) is 7.67. The number of amides is 1. The van der Waals surface area contributed by atoms with Crippen molar-refractivity contribution >= 4 is 17.7 Å². The summed E-state index contributed by atoms with van der Waals surface area (Å²) in [6.45, 7) is 6.30. The summed E-state index contributed by atoms with van der Waals surface area (Å²) in [6, 6.07) is -1.00. The highest BCUT2D eigenvalue weighted by molar-refractivity contribution is 5.84. The van der Waals surface area contributed by atoms with Gasteiger partial charge in [0.2, 0.25) is 5.91 Å². The van der Waals surface area contributed by atoms with E-state index in [1.54, 1.807) is 0 Å². The van der Waals surface area contributed by atoms with Gasteiger partial charge in [0.25, 0.3) is 0 Å². The average Bonchev–Trinajstić information content (AvgIpc) is 2.72. The fourth-order valence-electron chi connectivity index (χ4n) is 3.11. The molecule has 0 heterocycles. The van der Waals surface area contributed by atoms with Crippen LogP contribution in [-0.4, -0.2) is 55.2 Å². The maximum Gasteiger partial charge on any atom is 0.326 e. The number of nitrogens with one attached hydrogen (secondary N) is 1. The zero-order valence-corrected chi connectivity index (χ0v) is 19.1. The first-order valence-electron chi connectivity index (χ1n) is 11.7. The molecule has 0 rings (SSSR count). The fourth-order valence-corrected chi connectivity index (χ4v) is 3.11. The minimum Gasteiger partial charge on any atom is -0.480 e. The molecule has 30 heavy (non-hydrogen) atoms. The monoisotopic (exact) mass is 429 g/mol. The third-order valence-corrected chi connectivity index (χ3v) is 4.92. The molecule has 0 fully saturated rings. The van der Waals surface area contributed by atoms with E-state index in [4.69, 9.17) is 9.47 Å². The summed E-state index contributed by atoms with van der Waals surface area (Å²) < 4.78 is 10.5. The van der Waals surface area contributed by atoms with E-state index in [2.05, 4.69) is 12.2 Å². The number of hydrogen-bond acceptors (Lipinski definition) is 5. The molecule has 2 N–H and O–H groups in total. The van der Waals surface area contributed by atoms with Crippen molar-refractivity contribution in [3.63, 3.8) is 0 Å². The lowest BCUT2D eigenvalue weighted by Gasteiger charge is -2.14. The second kappa shape index (κ2) is 20.8. The van der Waals surface area contributed by atoms with Gasteiger partial charge in [-0.3, -0.25) is 9.59 Å². The lowest BCUT2D eigenvalue weighted by atomic mass is 10.0. The van der Waals surface area contributed by atoms with Crippen molar-refractivity contribution in [2.24, 2.45) is 0 Å². The van der Waals surface area contributed by atoms with Gasteiger partial charge in [0, 0.05) is 32.5 Å². The Morgan fingerprint density at radius 1 is 0.767 bits per heavy atom. The van der Waals surface area contributed by atoms with Crippen molar-refractivity contribution in [2.75, 3.05) is 26.4 Å². The van der Waals surface area contributed by atoms with Gasteiger partial charge in [-0.25, -0.2) is 4.79 Å². The zero-order chi connectivity index (χ0) is 22.5. The van der Waals surface area contributed by atoms with Crippen LogP contribution in [0.4, 0.5) is 0 Å². The van der Waals surface area contributed by atoms with E-state index in [1.165, 1.54) is 32.1 Å². The average molecular weight is 430 g/mol. The minimum atomic E-state index is -1.09. The van der Waals surface area contributed by atoms with E-state index in [0.29, 0.717) is 45.7 Å². The normalized spacial score (nSPS) is 11.9. The maximum atomic E-state index is 12.0. The summed E-state index contributed by atoms with van der Waals surface area (Å²) in [5.41, 5.74) is 0. The largest absolute Gasteiger partial charge is 0.480 e. The molecule has 0 aliphatic rings. The third-order valence-electron chi connectivity index (χ3n) is 4.92. The summed E-state index contributed by atoms with van der Waals surface area (Å²) >= 11 is 0. The first-order valence-corrected chi connectivity index (χ1v) is 11.7. The number of carbonyl (C=O) groups excluding carboxylic acids is 2. The molecule has 0 saturated carbocycles. The molecule has 7 nitrogen and oxygen atoms in total. The molecule has 1 amide bonds. The number of hydrogen-bond donors (Lipinski definition) is 2. The molecular weight excluding hydrogens is 386 g/mol. The van der Waals surface area contributed by atoms with Gasteiger partial charge >= 0.3 is 5.97 Å². The number of aliphatic carboxylic acids is 1. The SMILES string of the molecule is CCCCCCCCCCC(=O)N[C@@H](CCC(=O)CCCOCCOCC)C(=O)O. The summed E-state index contributed by atoms with van der Waals surface area (Å²) in [6.07, 6.45) is 10.7. The number of Topliss-reactive ketones (excluding diaryl/α,β-unsaturated/α-hetero) is 1. The van der Waals surface area contributed by atoms with E-state index in [9.17, 15) is 19.5 Å². The lowest BCUT2D eigenvalue weighted by Crippen LogP contribution is -2.41. The van der Waals surface area contributed by atoms with Crippen LogP contribution in [-0.2, 0) is 23.9 Å². The Balaban J connectivity index is 3.83. The lowest BCUT2D eigenvalue weighted by molar-refractivity contribution is -0.142. The topological polar surface area (TPSA) is 102 Å². The molecule has 0 bridgehead atoms. The Kier molecular flexibility index (Phi) is 19.8.